The first kappa shape index (κ1) is 25.7. The van der Waals surface area contributed by atoms with E-state index in [9.17, 15) is 9.59 Å². The summed E-state index contributed by atoms with van der Waals surface area (Å²) in [7, 11) is 9.31. The van der Waals surface area contributed by atoms with E-state index in [0.29, 0.717) is 51.1 Å². The highest BCUT2D eigenvalue weighted by Crippen LogP contribution is 2.47. The summed E-state index contributed by atoms with van der Waals surface area (Å²) in [6, 6.07) is 15.2. The zero-order valence-electron chi connectivity index (χ0n) is 21.7. The largest absolute Gasteiger partial charge is 0.495 e. The van der Waals surface area contributed by atoms with E-state index in [1.165, 1.54) is 28.4 Å². The number of amides is 2. The molecule has 1 aliphatic heterocycles. The first-order valence-electron chi connectivity index (χ1n) is 11.6. The van der Waals surface area contributed by atoms with E-state index in [2.05, 4.69) is 5.32 Å². The van der Waals surface area contributed by atoms with Gasteiger partial charge < -0.3 is 33.9 Å². The highest BCUT2D eigenvalue weighted by Gasteiger charge is 2.44. The second-order valence-corrected chi connectivity index (χ2v) is 8.44. The van der Waals surface area contributed by atoms with Crippen molar-refractivity contribution in [1.82, 2.24) is 4.90 Å². The van der Waals surface area contributed by atoms with Crippen LogP contribution in [-0.4, -0.2) is 59.3 Å². The van der Waals surface area contributed by atoms with E-state index in [4.69, 9.17) is 23.7 Å². The smallest absolute Gasteiger partial charge is 0.254 e. The first-order valence-corrected chi connectivity index (χ1v) is 11.6. The molecule has 0 saturated heterocycles. The van der Waals surface area contributed by atoms with E-state index in [0.717, 1.165) is 0 Å². The van der Waals surface area contributed by atoms with Gasteiger partial charge in [0.25, 0.3) is 5.91 Å². The molecule has 4 rings (SSSR count). The molecule has 0 radical (unpaired) electrons. The number of anilines is 1. The molecule has 194 valence electrons. The van der Waals surface area contributed by atoms with Gasteiger partial charge in [0, 0.05) is 12.6 Å². The molecule has 1 N–H and O–H groups in total. The maximum absolute atomic E-state index is 14.0. The second kappa shape index (κ2) is 10.7. The van der Waals surface area contributed by atoms with Gasteiger partial charge in [-0.2, -0.15) is 0 Å². The summed E-state index contributed by atoms with van der Waals surface area (Å²) in [5.74, 6) is 0.984. The van der Waals surface area contributed by atoms with Crippen molar-refractivity contribution in [1.29, 1.82) is 0 Å². The minimum Gasteiger partial charge on any atom is -0.495 e. The van der Waals surface area contributed by atoms with Gasteiger partial charge in [0.15, 0.2) is 23.0 Å². The Bertz CT molecular complexity index is 1320. The number of hydrogen-bond donors (Lipinski definition) is 1. The van der Waals surface area contributed by atoms with Crippen LogP contribution < -0.4 is 29.0 Å². The number of carbonyl (C=O) groups is 2. The highest BCUT2D eigenvalue weighted by atomic mass is 16.5. The molecule has 3 aromatic rings. The van der Waals surface area contributed by atoms with Crippen molar-refractivity contribution < 1.29 is 33.3 Å². The molecular formula is C28H30N2O7. The standard InChI is InChI=1S/C28H30N2O7/c1-30-26(16-11-12-21(34-3)22(13-16)35-4)25(27(31)29-19-9-7-8-10-20(19)33-2)17-14-23(36-5)24(37-6)15-18(17)28(30)32/h7-15,25-26H,1-6H3,(H,29,31)/t25-,26-/m0/s1. The molecule has 0 fully saturated rings. The molecule has 0 unspecified atom stereocenters. The van der Waals surface area contributed by atoms with E-state index < -0.39 is 12.0 Å². The molecule has 1 aliphatic rings. The Balaban J connectivity index is 1.91. The van der Waals surface area contributed by atoms with Crippen LogP contribution in [0, 0.1) is 0 Å². The normalized spacial score (nSPS) is 16.5. The van der Waals surface area contributed by atoms with Gasteiger partial charge in [-0.05, 0) is 47.5 Å². The summed E-state index contributed by atoms with van der Waals surface area (Å²) in [5, 5.41) is 2.99. The van der Waals surface area contributed by atoms with E-state index in [1.807, 2.05) is 18.2 Å². The Morgan fingerprint density at radius 1 is 0.757 bits per heavy atom. The summed E-state index contributed by atoms with van der Waals surface area (Å²) >= 11 is 0. The molecule has 2 amide bonds. The third-order valence-corrected chi connectivity index (χ3v) is 6.57. The molecular weight excluding hydrogens is 476 g/mol. The van der Waals surface area contributed by atoms with Crippen LogP contribution in [0.2, 0.25) is 0 Å². The monoisotopic (exact) mass is 506 g/mol. The summed E-state index contributed by atoms with van der Waals surface area (Å²) in [6.45, 7) is 0. The topological polar surface area (TPSA) is 95.6 Å². The van der Waals surface area contributed by atoms with Crippen molar-refractivity contribution >= 4 is 17.5 Å². The molecule has 9 nitrogen and oxygen atoms in total. The maximum Gasteiger partial charge on any atom is 0.254 e. The molecule has 0 saturated carbocycles. The van der Waals surface area contributed by atoms with Crippen molar-refractivity contribution in [3.8, 4) is 28.7 Å². The van der Waals surface area contributed by atoms with Gasteiger partial charge in [-0.15, -0.1) is 0 Å². The van der Waals surface area contributed by atoms with Crippen molar-refractivity contribution in [2.24, 2.45) is 0 Å². The number of nitrogens with one attached hydrogen (secondary N) is 1. The number of para-hydroxylation sites is 2. The molecule has 1 heterocycles. The van der Waals surface area contributed by atoms with Gasteiger partial charge in [0.1, 0.15) is 5.75 Å². The van der Waals surface area contributed by atoms with E-state index in [-0.39, 0.29) is 11.8 Å². The minimum absolute atomic E-state index is 0.253. The Hall–Kier alpha value is -4.40. The summed E-state index contributed by atoms with van der Waals surface area (Å²) < 4.78 is 27.3. The van der Waals surface area contributed by atoms with Crippen LogP contribution in [-0.2, 0) is 4.79 Å². The summed E-state index contributed by atoms with van der Waals surface area (Å²) in [4.78, 5) is 29.2. The van der Waals surface area contributed by atoms with E-state index >= 15 is 0 Å². The molecule has 3 aromatic carbocycles. The molecule has 37 heavy (non-hydrogen) atoms. The number of rotatable bonds is 8. The van der Waals surface area contributed by atoms with Gasteiger partial charge in [-0.25, -0.2) is 0 Å². The summed E-state index contributed by atoms with van der Waals surface area (Å²) in [6.07, 6.45) is 0. The van der Waals surface area contributed by atoms with Gasteiger partial charge in [-0.1, -0.05) is 18.2 Å². The fourth-order valence-corrected chi connectivity index (χ4v) is 4.74. The number of nitrogens with zero attached hydrogens (tertiary/aromatic N) is 1. The quantitative estimate of drug-likeness (QED) is 0.487. The number of hydrogen-bond acceptors (Lipinski definition) is 7. The molecule has 9 heteroatoms. The number of methoxy groups -OCH3 is 5. The Kier molecular flexibility index (Phi) is 7.42. The Morgan fingerprint density at radius 2 is 1.35 bits per heavy atom. The molecule has 0 spiro atoms. The second-order valence-electron chi connectivity index (χ2n) is 8.44. The van der Waals surface area contributed by atoms with Crippen LogP contribution in [0.4, 0.5) is 5.69 Å². The van der Waals surface area contributed by atoms with Crippen LogP contribution in [0.5, 0.6) is 28.7 Å². The Labute approximate surface area is 215 Å². The lowest BCUT2D eigenvalue weighted by molar-refractivity contribution is -0.119. The zero-order chi connectivity index (χ0) is 26.7. The lowest BCUT2D eigenvalue weighted by atomic mass is 9.79. The predicted molar refractivity (Wildman–Crippen MR) is 138 cm³/mol. The Morgan fingerprint density at radius 3 is 2.00 bits per heavy atom. The first-order chi connectivity index (χ1) is 17.9. The van der Waals surface area contributed by atoms with Crippen LogP contribution in [0.25, 0.3) is 0 Å². The van der Waals surface area contributed by atoms with Gasteiger partial charge in [-0.3, -0.25) is 9.59 Å². The van der Waals surface area contributed by atoms with Crippen LogP contribution in [0.3, 0.4) is 0 Å². The van der Waals surface area contributed by atoms with Crippen molar-refractivity contribution in [3.05, 3.63) is 71.3 Å². The minimum atomic E-state index is -0.805. The molecule has 0 bridgehead atoms. The average molecular weight is 507 g/mol. The number of ether oxygens (including phenoxy) is 5. The highest BCUT2D eigenvalue weighted by molar-refractivity contribution is 6.05. The number of benzene rings is 3. The van der Waals surface area contributed by atoms with E-state index in [1.54, 1.807) is 55.5 Å². The fourth-order valence-electron chi connectivity index (χ4n) is 4.74. The van der Waals surface area contributed by atoms with Crippen molar-refractivity contribution in [2.45, 2.75) is 12.0 Å². The lowest BCUT2D eigenvalue weighted by Gasteiger charge is -2.40. The lowest BCUT2D eigenvalue weighted by Crippen LogP contribution is -2.44. The van der Waals surface area contributed by atoms with Gasteiger partial charge in [0.2, 0.25) is 5.91 Å². The SMILES string of the molecule is COc1ccccc1NC(=O)[C@H]1c2cc(OC)c(OC)cc2C(=O)N(C)[C@H]1c1ccc(OC)c(OC)c1. The zero-order valence-corrected chi connectivity index (χ0v) is 21.7. The van der Waals surface area contributed by atoms with Gasteiger partial charge in [0.05, 0.1) is 53.2 Å². The van der Waals surface area contributed by atoms with Crippen molar-refractivity contribution in [3.63, 3.8) is 0 Å². The van der Waals surface area contributed by atoms with Crippen LogP contribution in [0.15, 0.2) is 54.6 Å². The third kappa shape index (κ3) is 4.60. The molecule has 2 atom stereocenters. The maximum atomic E-state index is 14.0. The van der Waals surface area contributed by atoms with Crippen LogP contribution >= 0.6 is 0 Å². The third-order valence-electron chi connectivity index (χ3n) is 6.57. The van der Waals surface area contributed by atoms with Gasteiger partial charge >= 0.3 is 0 Å². The molecule has 0 aromatic heterocycles. The average Bonchev–Trinajstić information content (AvgIpc) is 2.93. The predicted octanol–water partition coefficient (Wildman–Crippen LogP) is 4.28. The number of carbonyl (C=O) groups excluding carboxylic acids is 2. The number of fused-ring (bicyclic) bond motifs is 1. The van der Waals surface area contributed by atoms with Crippen molar-refractivity contribution in [2.75, 3.05) is 47.9 Å². The molecule has 0 aliphatic carbocycles. The fraction of sp³-hybridized carbons (Fsp3) is 0.286. The number of likely N-dealkylation sites (N-methyl/N-ethyl adjacent to an activating group) is 1. The summed E-state index contributed by atoms with van der Waals surface area (Å²) in [5.41, 5.74) is 2.10. The van der Waals surface area contributed by atoms with Crippen LogP contribution in [0.1, 0.15) is 33.4 Å².